The highest BCUT2D eigenvalue weighted by Crippen LogP contribution is 2.30. The fraction of sp³-hybridized carbons (Fsp3) is 0.467. The van der Waals surface area contributed by atoms with Crippen LogP contribution in [0.4, 0.5) is 0 Å². The fourth-order valence-electron chi connectivity index (χ4n) is 2.70. The molecule has 132 valence electrons. The van der Waals surface area contributed by atoms with E-state index >= 15 is 0 Å². The van der Waals surface area contributed by atoms with Gasteiger partial charge in [0.1, 0.15) is 11.8 Å². The monoisotopic (exact) mass is 357 g/mol. The normalized spacial score (nSPS) is 18.3. The van der Waals surface area contributed by atoms with Gasteiger partial charge in [-0.1, -0.05) is 0 Å². The summed E-state index contributed by atoms with van der Waals surface area (Å²) in [4.78, 5) is 22.8. The van der Waals surface area contributed by atoms with Crippen LogP contribution in [0.25, 0.3) is 0 Å². The number of esters is 1. The third kappa shape index (κ3) is 3.51. The van der Waals surface area contributed by atoms with E-state index in [0.717, 1.165) is 4.31 Å². The summed E-state index contributed by atoms with van der Waals surface area (Å²) in [6.07, 6.45) is 0.476. The molecule has 24 heavy (non-hydrogen) atoms. The zero-order chi connectivity index (χ0) is 17.9. The van der Waals surface area contributed by atoms with E-state index in [1.807, 2.05) is 0 Å². The number of carboxylic acids is 1. The number of benzene rings is 1. The van der Waals surface area contributed by atoms with Crippen LogP contribution in [0.3, 0.4) is 0 Å². The maximum atomic E-state index is 12.9. The minimum Gasteiger partial charge on any atom is -0.497 e. The number of carboxylic acid groups (broad SMARTS) is 1. The minimum atomic E-state index is -4.05. The summed E-state index contributed by atoms with van der Waals surface area (Å²) in [5.74, 6) is -1.39. The molecular weight excluding hydrogens is 338 g/mol. The molecule has 0 bridgehead atoms. The lowest BCUT2D eigenvalue weighted by atomic mass is 10.1. The molecule has 0 amide bonds. The van der Waals surface area contributed by atoms with E-state index in [4.69, 9.17) is 4.74 Å². The molecule has 0 unspecified atom stereocenters. The summed E-state index contributed by atoms with van der Waals surface area (Å²) in [6, 6.07) is 3.13. The van der Waals surface area contributed by atoms with Crippen LogP contribution in [-0.4, -0.2) is 56.6 Å². The van der Waals surface area contributed by atoms with E-state index < -0.39 is 28.0 Å². The van der Waals surface area contributed by atoms with Crippen LogP contribution in [0.1, 0.15) is 18.4 Å². The van der Waals surface area contributed by atoms with Gasteiger partial charge in [-0.05, 0) is 36.6 Å². The molecule has 1 atom stereocenters. The molecule has 8 nitrogen and oxygen atoms in total. The number of aliphatic carboxylic acids is 1. The quantitative estimate of drug-likeness (QED) is 0.744. The Labute approximate surface area is 140 Å². The minimum absolute atomic E-state index is 0.109. The lowest BCUT2D eigenvalue weighted by molar-refractivity contribution is -0.141. The number of methoxy groups -OCH3 is 2. The molecule has 1 aliphatic rings. The van der Waals surface area contributed by atoms with Gasteiger partial charge in [-0.15, -0.1) is 0 Å². The van der Waals surface area contributed by atoms with Crippen molar-refractivity contribution in [3.63, 3.8) is 0 Å². The maximum Gasteiger partial charge on any atom is 0.322 e. The van der Waals surface area contributed by atoms with E-state index in [9.17, 15) is 23.1 Å². The molecule has 1 aromatic carbocycles. The molecule has 0 aromatic heterocycles. The lowest BCUT2D eigenvalue weighted by Crippen LogP contribution is -2.40. The van der Waals surface area contributed by atoms with E-state index in [0.29, 0.717) is 12.2 Å². The third-order valence-electron chi connectivity index (χ3n) is 3.91. The molecule has 9 heteroatoms. The van der Waals surface area contributed by atoms with Crippen LogP contribution in [0.2, 0.25) is 0 Å². The second-order valence-electron chi connectivity index (χ2n) is 5.34. The van der Waals surface area contributed by atoms with Crippen molar-refractivity contribution in [3.05, 3.63) is 23.8 Å². The first-order chi connectivity index (χ1) is 11.3. The smallest absolute Gasteiger partial charge is 0.322 e. The summed E-state index contributed by atoms with van der Waals surface area (Å²) in [5.41, 5.74) is 0.206. The van der Waals surface area contributed by atoms with Crippen LogP contribution in [0.5, 0.6) is 5.75 Å². The largest absolute Gasteiger partial charge is 0.497 e. The molecule has 2 rings (SSSR count). The second kappa shape index (κ2) is 7.18. The Morgan fingerprint density at radius 2 is 2.04 bits per heavy atom. The SMILES string of the molecule is COC(=O)Cc1cc(OC)ccc1S(=O)(=O)N1CCC[C@H]1C(=O)O. The van der Waals surface area contributed by atoms with Crippen molar-refractivity contribution in [3.8, 4) is 5.75 Å². The van der Waals surface area contributed by atoms with Crippen molar-refractivity contribution in [2.75, 3.05) is 20.8 Å². The summed E-state index contributed by atoms with van der Waals surface area (Å²) in [6.45, 7) is 0.128. The average Bonchev–Trinajstić information content (AvgIpc) is 3.05. The third-order valence-corrected chi connectivity index (χ3v) is 5.91. The number of hydrogen-bond donors (Lipinski definition) is 1. The van der Waals surface area contributed by atoms with Crippen molar-refractivity contribution < 1.29 is 32.6 Å². The van der Waals surface area contributed by atoms with Crippen LogP contribution in [0.15, 0.2) is 23.1 Å². The van der Waals surface area contributed by atoms with Crippen molar-refractivity contribution in [2.45, 2.75) is 30.2 Å². The number of hydrogen-bond acceptors (Lipinski definition) is 6. The van der Waals surface area contributed by atoms with Crippen molar-refractivity contribution in [1.29, 1.82) is 0 Å². The zero-order valence-corrected chi connectivity index (χ0v) is 14.2. The van der Waals surface area contributed by atoms with E-state index in [2.05, 4.69) is 4.74 Å². The van der Waals surface area contributed by atoms with E-state index in [1.165, 1.54) is 32.4 Å². The molecule has 1 N–H and O–H groups in total. The van der Waals surface area contributed by atoms with Crippen molar-refractivity contribution >= 4 is 22.0 Å². The molecule has 0 aliphatic carbocycles. The number of ether oxygens (including phenoxy) is 2. The van der Waals surface area contributed by atoms with E-state index in [1.54, 1.807) is 0 Å². The lowest BCUT2D eigenvalue weighted by Gasteiger charge is -2.22. The van der Waals surface area contributed by atoms with Gasteiger partial charge >= 0.3 is 11.9 Å². The predicted molar refractivity (Wildman–Crippen MR) is 83.3 cm³/mol. The molecule has 1 saturated heterocycles. The Balaban J connectivity index is 2.49. The van der Waals surface area contributed by atoms with Gasteiger partial charge in [-0.25, -0.2) is 8.42 Å². The van der Waals surface area contributed by atoms with Gasteiger partial charge in [0.15, 0.2) is 0 Å². The van der Waals surface area contributed by atoms with Gasteiger partial charge in [0.25, 0.3) is 0 Å². The first-order valence-electron chi connectivity index (χ1n) is 7.29. The van der Waals surface area contributed by atoms with Crippen LogP contribution in [0, 0.1) is 0 Å². The summed E-state index contributed by atoms with van der Waals surface area (Å²) in [7, 11) is -1.42. The fourth-order valence-corrected chi connectivity index (χ4v) is 4.56. The Bertz CT molecular complexity index is 744. The van der Waals surface area contributed by atoms with Gasteiger partial charge in [0.05, 0.1) is 25.5 Å². The van der Waals surface area contributed by atoms with Crippen LogP contribution < -0.4 is 4.74 Å². The maximum absolute atomic E-state index is 12.9. The highest BCUT2D eigenvalue weighted by Gasteiger charge is 2.40. The summed E-state index contributed by atoms with van der Waals surface area (Å²) in [5, 5.41) is 9.23. The van der Waals surface area contributed by atoms with Gasteiger partial charge in [0, 0.05) is 6.54 Å². The number of nitrogens with zero attached hydrogens (tertiary/aromatic N) is 1. The number of sulfonamides is 1. The van der Waals surface area contributed by atoms with Crippen LogP contribution >= 0.6 is 0 Å². The Kier molecular flexibility index (Phi) is 5.45. The van der Waals surface area contributed by atoms with Crippen molar-refractivity contribution in [1.82, 2.24) is 4.31 Å². The Morgan fingerprint density at radius 1 is 1.33 bits per heavy atom. The summed E-state index contributed by atoms with van der Waals surface area (Å²) < 4.78 is 36.5. The number of rotatable bonds is 6. The molecule has 1 aliphatic heterocycles. The molecular formula is C15H19NO7S. The second-order valence-corrected chi connectivity index (χ2v) is 7.20. The van der Waals surface area contributed by atoms with Gasteiger partial charge in [0.2, 0.25) is 10.0 Å². The van der Waals surface area contributed by atoms with Gasteiger partial charge in [-0.2, -0.15) is 4.31 Å². The topological polar surface area (TPSA) is 110 Å². The average molecular weight is 357 g/mol. The summed E-state index contributed by atoms with van der Waals surface area (Å²) >= 11 is 0. The number of carbonyl (C=O) groups is 2. The highest BCUT2D eigenvalue weighted by atomic mass is 32.2. The first-order valence-corrected chi connectivity index (χ1v) is 8.73. The van der Waals surface area contributed by atoms with E-state index in [-0.39, 0.29) is 29.8 Å². The Hall–Kier alpha value is -2.13. The molecule has 1 fully saturated rings. The standard InChI is InChI=1S/C15H19NO7S/c1-22-11-5-6-13(10(8-11)9-14(17)23-2)24(20,21)16-7-3-4-12(16)15(18)19/h5-6,8,12H,3-4,7,9H2,1-2H3,(H,18,19)/t12-/m0/s1. The number of carbonyl (C=O) groups excluding carboxylic acids is 1. The molecule has 0 radical (unpaired) electrons. The van der Waals surface area contributed by atoms with Crippen molar-refractivity contribution in [2.24, 2.45) is 0 Å². The molecule has 1 aromatic rings. The van der Waals surface area contributed by atoms with Crippen LogP contribution in [-0.2, 0) is 30.8 Å². The van der Waals surface area contributed by atoms with Gasteiger partial charge in [-0.3, -0.25) is 9.59 Å². The molecule has 0 saturated carbocycles. The zero-order valence-electron chi connectivity index (χ0n) is 13.4. The first kappa shape index (κ1) is 18.2. The molecule has 0 spiro atoms. The Morgan fingerprint density at radius 3 is 2.62 bits per heavy atom. The van der Waals surface area contributed by atoms with Gasteiger partial charge < -0.3 is 14.6 Å². The predicted octanol–water partition coefficient (Wildman–Crippen LogP) is 0.648. The molecule has 1 heterocycles. The highest BCUT2D eigenvalue weighted by molar-refractivity contribution is 7.89.